The molecule has 0 aliphatic heterocycles. The zero-order chi connectivity index (χ0) is 64.1. The van der Waals surface area contributed by atoms with E-state index in [2.05, 4.69) is 249 Å². The van der Waals surface area contributed by atoms with Crippen molar-refractivity contribution >= 4 is 48.4 Å². The van der Waals surface area contributed by atoms with Gasteiger partial charge in [0.2, 0.25) is 0 Å². The van der Waals surface area contributed by atoms with Crippen molar-refractivity contribution in [3.8, 4) is 0 Å². The van der Waals surface area contributed by atoms with Gasteiger partial charge in [-0.05, 0) is 0 Å². The topological polar surface area (TPSA) is 0 Å². The van der Waals surface area contributed by atoms with Crippen LogP contribution in [0.4, 0.5) is 0 Å². The van der Waals surface area contributed by atoms with Gasteiger partial charge in [-0.1, -0.05) is 443 Å². The first-order chi connectivity index (χ1) is 36.7. The molecule has 82 heavy (non-hydrogen) atoms. The van der Waals surface area contributed by atoms with Crippen molar-refractivity contribution in [3.63, 3.8) is 0 Å². The molecular weight excluding hydrogens is 1120 g/mol. The van der Waals surface area contributed by atoms with Crippen LogP contribution in [0.2, 0.25) is 131 Å². The van der Waals surface area contributed by atoms with Crippen molar-refractivity contribution in [3.05, 3.63) is 20.8 Å². The summed E-state index contributed by atoms with van der Waals surface area (Å²) in [6, 6.07) is 0. The van der Waals surface area contributed by atoms with Gasteiger partial charge in [0.15, 0.2) is 0 Å². The van der Waals surface area contributed by atoms with Gasteiger partial charge in [-0.25, -0.2) is 0 Å². The van der Waals surface area contributed by atoms with Gasteiger partial charge in [0.1, 0.15) is 0 Å². The van der Waals surface area contributed by atoms with E-state index in [0.717, 1.165) is 116 Å². The van der Waals surface area contributed by atoms with E-state index in [-0.39, 0.29) is 17.4 Å². The fraction of sp³-hybridized carbons (Fsp3) is 0.960. The van der Waals surface area contributed by atoms with Crippen LogP contribution in [-0.2, 0) is 17.4 Å². The Morgan fingerprint density at radius 2 is 0.341 bits per heavy atom. The molecule has 0 nitrogen and oxygen atoms in total. The average Bonchev–Trinajstić information content (AvgIpc) is 3.27. The van der Waals surface area contributed by atoms with Gasteiger partial charge in [0.05, 0.1) is 24.2 Å². The second kappa shape index (κ2) is 32.4. The first-order valence-electron chi connectivity index (χ1n) is 36.3. The molecule has 3 rings (SSSR count). The zero-order valence-electron chi connectivity index (χ0n) is 63.6. The van der Waals surface area contributed by atoms with Crippen molar-refractivity contribution in [1.29, 1.82) is 0 Å². The predicted octanol–water partition coefficient (Wildman–Crippen LogP) is 29.6. The molecule has 0 bridgehead atoms. The predicted molar refractivity (Wildman–Crippen MR) is 397 cm³/mol. The summed E-state index contributed by atoms with van der Waals surface area (Å²) in [5.74, 6) is 0. The van der Waals surface area contributed by atoms with Crippen molar-refractivity contribution in [2.45, 2.75) is 458 Å². The number of hydrogen-bond acceptors (Lipinski definition) is 0. The molecule has 0 aromatic heterocycles. The third-order valence-corrected chi connectivity index (χ3v) is 77.3. The molecule has 3 aliphatic rings. The van der Waals surface area contributed by atoms with Gasteiger partial charge < -0.3 is 20.8 Å². The Morgan fingerprint density at radius 1 is 0.220 bits per heavy atom. The molecule has 489 valence electrons. The van der Waals surface area contributed by atoms with E-state index in [4.69, 9.17) is 20.8 Å². The Balaban J connectivity index is 0.00000119. The molecule has 6 atom stereocenters. The van der Waals surface area contributed by atoms with Crippen molar-refractivity contribution < 1.29 is 17.4 Å². The zero-order valence-corrected chi connectivity index (χ0v) is 70.9. The van der Waals surface area contributed by atoms with Crippen LogP contribution >= 0.6 is 0 Å². The molecule has 7 heteroatoms. The molecule has 3 aliphatic carbocycles. The van der Waals surface area contributed by atoms with Gasteiger partial charge in [-0.15, -0.1) is 0 Å². The van der Waals surface area contributed by atoms with Gasteiger partial charge in [0, 0.05) is 24.2 Å². The third-order valence-electron chi connectivity index (χ3n) is 28.1. The summed E-state index contributed by atoms with van der Waals surface area (Å²) >= 11 is 0. The van der Waals surface area contributed by atoms with Gasteiger partial charge in [-0.3, -0.25) is 0 Å². The fourth-order valence-electron chi connectivity index (χ4n) is 28.3. The smallest absolute Gasteiger partial charge is 0.340 e. The van der Waals surface area contributed by atoms with E-state index in [0.29, 0.717) is 15.1 Å². The van der Waals surface area contributed by atoms with Crippen molar-refractivity contribution in [2.75, 3.05) is 0 Å². The molecule has 0 heterocycles. The fourth-order valence-corrected chi connectivity index (χ4v) is 83.8. The molecular formula is C75H159CrSi6. The van der Waals surface area contributed by atoms with Crippen LogP contribution in [0.5, 0.6) is 0 Å². The first-order valence-corrected chi connectivity index (χ1v) is 49.9. The molecule has 6 unspecified atom stereocenters. The van der Waals surface area contributed by atoms with Crippen LogP contribution < -0.4 is 0 Å². The SMILES string of the molecule is [CH2-]C1([Si](C(C)C)(C(C)C)C(C)C)CCCCC1[Si](C(C)C)(C(C)C)C(C)C.[CH2-]C1([Si](C(C)C)(C(C)C)C(C)C)CCCCC1[Si](C(C)C)(C(C)C)C(C)C.[CH2-]C1([Si](C(C)C)(C(C)C)C(C)C)CCCCC1[Si](C(C)C)(C(C)C)C(C)C.[Cr+3]. The maximum Gasteiger partial charge on any atom is 3.00 e. The molecule has 0 amide bonds. The third kappa shape index (κ3) is 13.8. The summed E-state index contributed by atoms with van der Waals surface area (Å²) < 4.78 is 0. The van der Waals surface area contributed by atoms with E-state index in [1.54, 1.807) is 0 Å². The van der Waals surface area contributed by atoms with Crippen LogP contribution in [0.15, 0.2) is 0 Å². The van der Waals surface area contributed by atoms with Crippen LogP contribution in [0.1, 0.15) is 326 Å². The van der Waals surface area contributed by atoms with Gasteiger partial charge in [0.25, 0.3) is 0 Å². The Kier molecular flexibility index (Phi) is 33.1. The molecule has 0 saturated heterocycles. The van der Waals surface area contributed by atoms with Gasteiger partial charge >= 0.3 is 17.4 Å². The molecule has 0 aromatic rings. The minimum Gasteiger partial charge on any atom is -0.340 e. The summed E-state index contributed by atoms with van der Waals surface area (Å²) in [6.07, 6.45) is 17.2. The molecule has 3 saturated carbocycles. The average molecular weight is 1280 g/mol. The van der Waals surface area contributed by atoms with E-state index in [1.165, 1.54) is 77.0 Å². The van der Waals surface area contributed by atoms with Crippen LogP contribution in [0, 0.1) is 20.8 Å². The van der Waals surface area contributed by atoms with E-state index in [1.807, 2.05) is 0 Å². The molecule has 1 radical (unpaired) electrons. The van der Waals surface area contributed by atoms with Crippen LogP contribution in [0.25, 0.3) is 0 Å². The normalized spacial score (nSPS) is 25.4. The Bertz CT molecular complexity index is 1460. The summed E-state index contributed by atoms with van der Waals surface area (Å²) in [7, 11) is -9.53. The molecule has 0 N–H and O–H groups in total. The molecule has 3 fully saturated rings. The summed E-state index contributed by atoms with van der Waals surface area (Å²) in [4.78, 5) is 0. The quantitative estimate of drug-likeness (QED) is 0.0667. The van der Waals surface area contributed by atoms with Crippen molar-refractivity contribution in [2.24, 2.45) is 0 Å². The second-order valence-corrected chi connectivity index (χ2v) is 72.9. The summed E-state index contributed by atoms with van der Waals surface area (Å²) in [5, 5.41) is 1.06. The van der Waals surface area contributed by atoms with E-state index < -0.39 is 48.4 Å². The standard InChI is InChI=1S/3C25H53Si2.Cr/c3*1-18(2)26(19(3)4,20(5)6)24-16-14-15-17-25(24,13)27(21(7)8,22(9)10)23(11)12;/h3*18-24H,13-17H2,1-12H3;/q3*-1;+3. The van der Waals surface area contributed by atoms with E-state index >= 15 is 0 Å². The van der Waals surface area contributed by atoms with Crippen molar-refractivity contribution in [1.82, 2.24) is 0 Å². The molecule has 0 spiro atoms. The maximum absolute atomic E-state index is 5.36. The monoisotopic (exact) mass is 1280 g/mol. The van der Waals surface area contributed by atoms with Crippen LogP contribution in [-0.4, -0.2) is 48.4 Å². The Labute approximate surface area is 540 Å². The summed E-state index contributed by atoms with van der Waals surface area (Å²) in [5.41, 5.74) is 17.6. The first kappa shape index (κ1) is 83.8. The minimum atomic E-state index is -1.64. The Hall–Kier alpha value is 1.83. The molecule has 0 aromatic carbocycles. The van der Waals surface area contributed by atoms with E-state index in [9.17, 15) is 0 Å². The second-order valence-electron chi connectivity index (χ2n) is 35.4. The minimum absolute atomic E-state index is 0. The Morgan fingerprint density at radius 3 is 0.439 bits per heavy atom. The summed E-state index contributed by atoms with van der Waals surface area (Å²) in [6.45, 7) is 109. The largest absolute Gasteiger partial charge is 3.00 e. The number of rotatable bonds is 24. The maximum atomic E-state index is 5.36. The number of hydrogen-bond donors (Lipinski definition) is 0. The van der Waals surface area contributed by atoms with Crippen LogP contribution in [0.3, 0.4) is 0 Å². The van der Waals surface area contributed by atoms with Gasteiger partial charge in [-0.2, -0.15) is 15.1 Å².